The number of fused-ring (bicyclic) bond motifs is 1. The Morgan fingerprint density at radius 3 is 1.92 bits per heavy atom. The van der Waals surface area contributed by atoms with E-state index in [0.29, 0.717) is 10.9 Å². The highest BCUT2D eigenvalue weighted by Gasteiger charge is 2.32. The van der Waals surface area contributed by atoms with Gasteiger partial charge in [0.25, 0.3) is 0 Å². The summed E-state index contributed by atoms with van der Waals surface area (Å²) in [7, 11) is 0. The van der Waals surface area contributed by atoms with Crippen molar-refractivity contribution in [1.82, 2.24) is 9.97 Å². The average Bonchev–Trinajstić information content (AvgIpc) is 2.48. The molecule has 0 saturated carbocycles. The lowest BCUT2D eigenvalue weighted by Crippen LogP contribution is -2.29. The minimum Gasteiger partial charge on any atom is -0.481 e. The van der Waals surface area contributed by atoms with Gasteiger partial charge in [-0.15, -0.1) is 0 Å². The molecule has 25 heavy (non-hydrogen) atoms. The van der Waals surface area contributed by atoms with E-state index < -0.39 is 22.8 Å². The Labute approximate surface area is 150 Å². The summed E-state index contributed by atoms with van der Waals surface area (Å²) in [5.41, 5.74) is 0.104. The molecule has 0 atom stereocenters. The molecule has 0 fully saturated rings. The summed E-state index contributed by atoms with van der Waals surface area (Å²) in [6, 6.07) is 3.55. The van der Waals surface area contributed by atoms with Crippen LogP contribution in [-0.4, -0.2) is 32.1 Å². The van der Waals surface area contributed by atoms with Crippen molar-refractivity contribution in [2.45, 2.75) is 40.5 Å². The number of carboxylic acid groups (broad SMARTS) is 2. The first-order valence-corrected chi connectivity index (χ1v) is 8.20. The van der Waals surface area contributed by atoms with Crippen LogP contribution in [0.5, 0.6) is 0 Å². The van der Waals surface area contributed by atoms with Crippen molar-refractivity contribution in [1.29, 1.82) is 0 Å². The van der Waals surface area contributed by atoms with Crippen LogP contribution < -0.4 is 0 Å². The standard InChI is InChI=1S/C18H21ClN2O4/c1-17(2,15(22)23)7-10-5-12-13(20-9-21-14(12)19)6-11(10)8-18(3,4)16(24)25/h5-6,9H,7-8H2,1-4H3,(H,22,23)(H,24,25). The van der Waals surface area contributed by atoms with E-state index in [-0.39, 0.29) is 18.0 Å². The zero-order valence-corrected chi connectivity index (χ0v) is 15.4. The average molecular weight is 365 g/mol. The molecule has 2 aromatic rings. The van der Waals surface area contributed by atoms with Gasteiger partial charge in [0, 0.05) is 5.39 Å². The largest absolute Gasteiger partial charge is 0.481 e. The third-order valence-corrected chi connectivity index (χ3v) is 4.63. The summed E-state index contributed by atoms with van der Waals surface area (Å²) in [6.07, 6.45) is 1.84. The molecular formula is C18H21ClN2O4. The maximum absolute atomic E-state index is 11.5. The third-order valence-electron chi connectivity index (χ3n) is 4.33. The van der Waals surface area contributed by atoms with Gasteiger partial charge in [-0.1, -0.05) is 11.6 Å². The predicted molar refractivity (Wildman–Crippen MR) is 94.8 cm³/mol. The number of aliphatic carboxylic acids is 2. The van der Waals surface area contributed by atoms with Gasteiger partial charge >= 0.3 is 11.9 Å². The fourth-order valence-electron chi connectivity index (χ4n) is 2.59. The quantitative estimate of drug-likeness (QED) is 0.759. The first-order chi connectivity index (χ1) is 11.4. The lowest BCUT2D eigenvalue weighted by molar-refractivity contribution is -0.147. The lowest BCUT2D eigenvalue weighted by atomic mass is 9.79. The van der Waals surface area contributed by atoms with Crippen molar-refractivity contribution in [2.24, 2.45) is 10.8 Å². The summed E-state index contributed by atoms with van der Waals surface area (Å²) in [6.45, 7) is 6.54. The molecule has 0 saturated heterocycles. The number of halogens is 1. The van der Waals surface area contributed by atoms with E-state index in [1.807, 2.05) is 0 Å². The van der Waals surface area contributed by atoms with Crippen molar-refractivity contribution in [3.8, 4) is 0 Å². The number of carbonyl (C=O) groups is 2. The molecule has 0 amide bonds. The number of hydrogen-bond acceptors (Lipinski definition) is 4. The van der Waals surface area contributed by atoms with Crippen molar-refractivity contribution < 1.29 is 19.8 Å². The Kier molecular flexibility index (Phi) is 5.04. The molecule has 0 aliphatic carbocycles. The maximum atomic E-state index is 11.5. The van der Waals surface area contributed by atoms with E-state index in [0.717, 1.165) is 11.1 Å². The van der Waals surface area contributed by atoms with Gasteiger partial charge in [-0.2, -0.15) is 0 Å². The summed E-state index contributed by atoms with van der Waals surface area (Å²) < 4.78 is 0. The van der Waals surface area contributed by atoms with Gasteiger partial charge in [-0.3, -0.25) is 9.59 Å². The first-order valence-electron chi connectivity index (χ1n) is 7.83. The molecule has 0 bridgehead atoms. The Balaban J connectivity index is 2.62. The first kappa shape index (κ1) is 19.1. The summed E-state index contributed by atoms with van der Waals surface area (Å²) >= 11 is 6.14. The second-order valence-corrected chi connectivity index (χ2v) is 7.89. The smallest absolute Gasteiger partial charge is 0.309 e. The number of carboxylic acids is 2. The fourth-order valence-corrected chi connectivity index (χ4v) is 2.79. The molecule has 1 heterocycles. The van der Waals surface area contributed by atoms with Gasteiger partial charge < -0.3 is 10.2 Å². The Hall–Kier alpha value is -2.21. The Morgan fingerprint density at radius 2 is 1.44 bits per heavy atom. The zero-order valence-electron chi connectivity index (χ0n) is 14.6. The number of nitrogens with zero attached hydrogens (tertiary/aromatic N) is 2. The molecule has 7 heteroatoms. The lowest BCUT2D eigenvalue weighted by Gasteiger charge is -2.25. The molecule has 2 rings (SSSR count). The van der Waals surface area contributed by atoms with Crippen molar-refractivity contribution in [3.05, 3.63) is 34.7 Å². The highest BCUT2D eigenvalue weighted by atomic mass is 35.5. The van der Waals surface area contributed by atoms with E-state index in [1.54, 1.807) is 39.8 Å². The molecule has 2 N–H and O–H groups in total. The van der Waals surface area contributed by atoms with Crippen LogP contribution >= 0.6 is 11.6 Å². The number of rotatable bonds is 6. The van der Waals surface area contributed by atoms with Crippen LogP contribution in [0.3, 0.4) is 0 Å². The van der Waals surface area contributed by atoms with Crippen LogP contribution in [0.2, 0.25) is 5.15 Å². The molecular weight excluding hydrogens is 344 g/mol. The number of aromatic nitrogens is 2. The molecule has 0 aliphatic heterocycles. The Bertz CT molecular complexity index is 846. The second kappa shape index (κ2) is 6.59. The van der Waals surface area contributed by atoms with Crippen molar-refractivity contribution in [3.63, 3.8) is 0 Å². The van der Waals surface area contributed by atoms with E-state index in [4.69, 9.17) is 11.6 Å². The minimum atomic E-state index is -1.00. The van der Waals surface area contributed by atoms with E-state index in [1.165, 1.54) is 6.33 Å². The van der Waals surface area contributed by atoms with Gasteiger partial charge in [-0.25, -0.2) is 9.97 Å². The minimum absolute atomic E-state index is 0.245. The molecule has 0 spiro atoms. The van der Waals surface area contributed by atoms with Crippen LogP contribution in [0, 0.1) is 10.8 Å². The van der Waals surface area contributed by atoms with E-state index >= 15 is 0 Å². The van der Waals surface area contributed by atoms with Gasteiger partial charge in [-0.05, 0) is 63.8 Å². The van der Waals surface area contributed by atoms with Gasteiger partial charge in [0.15, 0.2) is 0 Å². The molecule has 6 nitrogen and oxygen atoms in total. The van der Waals surface area contributed by atoms with Crippen LogP contribution in [0.25, 0.3) is 10.9 Å². The van der Waals surface area contributed by atoms with Gasteiger partial charge in [0.05, 0.1) is 16.3 Å². The van der Waals surface area contributed by atoms with Crippen molar-refractivity contribution in [2.75, 3.05) is 0 Å². The summed E-state index contributed by atoms with van der Waals surface area (Å²) in [5, 5.41) is 19.8. The zero-order chi connectivity index (χ0) is 19.0. The number of benzene rings is 1. The summed E-state index contributed by atoms with van der Waals surface area (Å²) in [5.74, 6) is -1.84. The molecule has 0 radical (unpaired) electrons. The number of hydrogen-bond donors (Lipinski definition) is 2. The molecule has 134 valence electrons. The van der Waals surface area contributed by atoms with Crippen LogP contribution in [0.1, 0.15) is 38.8 Å². The predicted octanol–water partition coefficient (Wildman–Crippen LogP) is 3.59. The summed E-state index contributed by atoms with van der Waals surface area (Å²) in [4.78, 5) is 31.2. The highest BCUT2D eigenvalue weighted by molar-refractivity contribution is 6.34. The molecule has 1 aromatic carbocycles. The van der Waals surface area contributed by atoms with Crippen LogP contribution in [0.15, 0.2) is 18.5 Å². The molecule has 0 unspecified atom stereocenters. The SMILES string of the molecule is CC(C)(Cc1cc2ncnc(Cl)c2cc1CC(C)(C)C(=O)O)C(=O)O. The monoisotopic (exact) mass is 364 g/mol. The topological polar surface area (TPSA) is 100 Å². The maximum Gasteiger partial charge on any atom is 0.309 e. The third kappa shape index (κ3) is 4.07. The molecule has 1 aromatic heterocycles. The van der Waals surface area contributed by atoms with Crippen LogP contribution in [-0.2, 0) is 22.4 Å². The van der Waals surface area contributed by atoms with E-state index in [2.05, 4.69) is 9.97 Å². The fraction of sp³-hybridized carbons (Fsp3) is 0.444. The highest BCUT2D eigenvalue weighted by Crippen LogP contribution is 2.32. The Morgan fingerprint density at radius 1 is 0.960 bits per heavy atom. The molecule has 0 aliphatic rings. The van der Waals surface area contributed by atoms with E-state index in [9.17, 15) is 19.8 Å². The second-order valence-electron chi connectivity index (χ2n) is 7.53. The van der Waals surface area contributed by atoms with Crippen molar-refractivity contribution >= 4 is 34.4 Å². The van der Waals surface area contributed by atoms with Gasteiger partial charge in [0.1, 0.15) is 11.5 Å². The normalized spacial score (nSPS) is 12.4. The van der Waals surface area contributed by atoms with Gasteiger partial charge in [0.2, 0.25) is 0 Å². The van der Waals surface area contributed by atoms with Crippen LogP contribution in [0.4, 0.5) is 0 Å².